The smallest absolute Gasteiger partial charge is 0.269 e. The number of fused-ring (bicyclic) bond motifs is 2. The minimum Gasteiger partial charge on any atom is -0.349 e. The normalized spacial score (nSPS) is 15.9. The highest BCUT2D eigenvalue weighted by molar-refractivity contribution is 5.94. The van der Waals surface area contributed by atoms with Crippen molar-refractivity contribution in [3.05, 3.63) is 53.3 Å². The molecule has 0 radical (unpaired) electrons. The standard InChI is InChI=1S/C19H18N6O/c26-19-17-10-16(24-25(17)8-7-22-19)15-4-6-21-18(23-15)13-2-1-12-3-5-20-11-14(12)9-13/h1-2,4,6,9-10,20H,3,5,7-8,11H2,(H,22,26). The van der Waals surface area contributed by atoms with E-state index in [0.717, 1.165) is 30.8 Å². The van der Waals surface area contributed by atoms with E-state index >= 15 is 0 Å². The Kier molecular flexibility index (Phi) is 3.53. The zero-order valence-corrected chi connectivity index (χ0v) is 14.2. The SMILES string of the molecule is O=C1NCCn2nc(-c3ccnc(-c4ccc5c(c4)CNCC5)n3)cc21. The molecule has 7 heteroatoms. The van der Waals surface area contributed by atoms with E-state index in [1.807, 2.05) is 6.07 Å². The van der Waals surface area contributed by atoms with Crippen LogP contribution >= 0.6 is 0 Å². The predicted molar refractivity (Wildman–Crippen MR) is 96.4 cm³/mol. The molecular weight excluding hydrogens is 328 g/mol. The van der Waals surface area contributed by atoms with E-state index in [-0.39, 0.29) is 5.91 Å². The monoisotopic (exact) mass is 346 g/mol. The van der Waals surface area contributed by atoms with E-state index in [1.54, 1.807) is 16.9 Å². The number of amides is 1. The molecule has 0 aliphatic carbocycles. The van der Waals surface area contributed by atoms with Crippen molar-refractivity contribution in [3.8, 4) is 22.8 Å². The van der Waals surface area contributed by atoms with Gasteiger partial charge >= 0.3 is 0 Å². The van der Waals surface area contributed by atoms with Crippen LogP contribution in [-0.4, -0.2) is 38.7 Å². The van der Waals surface area contributed by atoms with Gasteiger partial charge in [-0.3, -0.25) is 9.48 Å². The van der Waals surface area contributed by atoms with E-state index < -0.39 is 0 Å². The Bertz CT molecular complexity index is 1010. The molecule has 0 bridgehead atoms. The molecule has 0 atom stereocenters. The third kappa shape index (κ3) is 2.57. The lowest BCUT2D eigenvalue weighted by atomic mass is 9.98. The molecule has 0 spiro atoms. The van der Waals surface area contributed by atoms with Gasteiger partial charge in [0.25, 0.3) is 5.91 Å². The third-order valence-electron chi connectivity index (χ3n) is 4.89. The van der Waals surface area contributed by atoms with Gasteiger partial charge < -0.3 is 10.6 Å². The Balaban J connectivity index is 1.53. The number of carbonyl (C=O) groups is 1. The Labute approximate surface area is 150 Å². The van der Waals surface area contributed by atoms with Crippen LogP contribution in [-0.2, 0) is 19.5 Å². The second kappa shape index (κ2) is 6.03. The fourth-order valence-corrected chi connectivity index (χ4v) is 3.52. The summed E-state index contributed by atoms with van der Waals surface area (Å²) in [4.78, 5) is 21.1. The largest absolute Gasteiger partial charge is 0.349 e. The van der Waals surface area contributed by atoms with Crippen molar-refractivity contribution in [1.82, 2.24) is 30.4 Å². The van der Waals surface area contributed by atoms with Gasteiger partial charge in [0.15, 0.2) is 5.82 Å². The summed E-state index contributed by atoms with van der Waals surface area (Å²) < 4.78 is 1.74. The molecule has 5 rings (SSSR count). The minimum atomic E-state index is -0.0912. The van der Waals surface area contributed by atoms with E-state index in [1.165, 1.54) is 11.1 Å². The van der Waals surface area contributed by atoms with Crippen molar-refractivity contribution < 1.29 is 4.79 Å². The summed E-state index contributed by atoms with van der Waals surface area (Å²) in [5.41, 5.74) is 5.68. The van der Waals surface area contributed by atoms with Crippen LogP contribution in [0.25, 0.3) is 22.8 Å². The average molecular weight is 346 g/mol. The molecule has 2 N–H and O–H groups in total. The number of hydrogen-bond donors (Lipinski definition) is 2. The molecule has 2 aromatic heterocycles. The zero-order valence-electron chi connectivity index (χ0n) is 14.2. The molecule has 2 aliphatic rings. The van der Waals surface area contributed by atoms with Crippen molar-refractivity contribution in [3.63, 3.8) is 0 Å². The molecule has 2 aliphatic heterocycles. The van der Waals surface area contributed by atoms with Crippen LogP contribution in [0.5, 0.6) is 0 Å². The van der Waals surface area contributed by atoms with Gasteiger partial charge in [-0.1, -0.05) is 12.1 Å². The average Bonchev–Trinajstić information content (AvgIpc) is 3.14. The van der Waals surface area contributed by atoms with Gasteiger partial charge in [-0.25, -0.2) is 9.97 Å². The van der Waals surface area contributed by atoms with Gasteiger partial charge in [-0.2, -0.15) is 5.10 Å². The van der Waals surface area contributed by atoms with Crippen LogP contribution in [0.2, 0.25) is 0 Å². The maximum absolute atomic E-state index is 11.9. The van der Waals surface area contributed by atoms with Crippen molar-refractivity contribution in [2.24, 2.45) is 0 Å². The molecule has 26 heavy (non-hydrogen) atoms. The van der Waals surface area contributed by atoms with Gasteiger partial charge in [-0.15, -0.1) is 0 Å². The first-order valence-electron chi connectivity index (χ1n) is 8.80. The molecule has 0 unspecified atom stereocenters. The molecule has 1 amide bonds. The molecule has 7 nitrogen and oxygen atoms in total. The van der Waals surface area contributed by atoms with Crippen molar-refractivity contribution >= 4 is 5.91 Å². The van der Waals surface area contributed by atoms with Crippen LogP contribution in [0.15, 0.2) is 36.5 Å². The fraction of sp³-hybridized carbons (Fsp3) is 0.263. The topological polar surface area (TPSA) is 84.7 Å². The Morgan fingerprint density at radius 2 is 2.00 bits per heavy atom. The molecule has 4 heterocycles. The van der Waals surface area contributed by atoms with E-state index in [2.05, 4.69) is 38.9 Å². The van der Waals surface area contributed by atoms with Crippen LogP contribution in [0.3, 0.4) is 0 Å². The van der Waals surface area contributed by atoms with Gasteiger partial charge in [0.05, 0.1) is 12.2 Å². The number of nitrogens with one attached hydrogen (secondary N) is 2. The summed E-state index contributed by atoms with van der Waals surface area (Å²) in [6, 6.07) is 10.0. The van der Waals surface area contributed by atoms with Gasteiger partial charge in [0, 0.05) is 24.8 Å². The molecule has 3 aromatic rings. The highest BCUT2D eigenvalue weighted by Crippen LogP contribution is 2.24. The quantitative estimate of drug-likeness (QED) is 0.733. The first-order chi connectivity index (χ1) is 12.8. The van der Waals surface area contributed by atoms with Crippen molar-refractivity contribution in [2.75, 3.05) is 13.1 Å². The van der Waals surface area contributed by atoms with Crippen LogP contribution in [0.4, 0.5) is 0 Å². The van der Waals surface area contributed by atoms with E-state index in [0.29, 0.717) is 30.3 Å². The molecule has 130 valence electrons. The molecular formula is C19H18N6O. The molecule has 1 aromatic carbocycles. The van der Waals surface area contributed by atoms with Crippen molar-refractivity contribution in [1.29, 1.82) is 0 Å². The Morgan fingerprint density at radius 1 is 1.04 bits per heavy atom. The summed E-state index contributed by atoms with van der Waals surface area (Å²) in [5, 5.41) is 10.8. The minimum absolute atomic E-state index is 0.0912. The second-order valence-corrected chi connectivity index (χ2v) is 6.57. The Hall–Kier alpha value is -3.06. The van der Waals surface area contributed by atoms with Gasteiger partial charge in [0.1, 0.15) is 11.4 Å². The van der Waals surface area contributed by atoms with Crippen LogP contribution in [0, 0.1) is 0 Å². The van der Waals surface area contributed by atoms with Gasteiger partial charge in [0.2, 0.25) is 0 Å². The first-order valence-corrected chi connectivity index (χ1v) is 8.80. The zero-order chi connectivity index (χ0) is 17.5. The van der Waals surface area contributed by atoms with E-state index in [9.17, 15) is 4.79 Å². The maximum atomic E-state index is 11.9. The number of rotatable bonds is 2. The molecule has 0 saturated carbocycles. The highest BCUT2D eigenvalue weighted by atomic mass is 16.2. The summed E-state index contributed by atoms with van der Waals surface area (Å²) in [5.74, 6) is 0.581. The van der Waals surface area contributed by atoms with Crippen LogP contribution < -0.4 is 10.6 Å². The number of hydrogen-bond acceptors (Lipinski definition) is 5. The molecule has 0 fully saturated rings. The fourth-order valence-electron chi connectivity index (χ4n) is 3.52. The molecule has 0 saturated heterocycles. The number of benzene rings is 1. The summed E-state index contributed by atoms with van der Waals surface area (Å²) in [6.45, 7) is 3.19. The maximum Gasteiger partial charge on any atom is 0.269 e. The number of carbonyl (C=O) groups excluding carboxylic acids is 1. The number of nitrogens with zero attached hydrogens (tertiary/aromatic N) is 4. The second-order valence-electron chi connectivity index (χ2n) is 6.57. The van der Waals surface area contributed by atoms with Gasteiger partial charge in [-0.05, 0) is 42.3 Å². The highest BCUT2D eigenvalue weighted by Gasteiger charge is 2.20. The van der Waals surface area contributed by atoms with Crippen LogP contribution in [0.1, 0.15) is 21.6 Å². The predicted octanol–water partition coefficient (Wildman–Crippen LogP) is 1.40. The lowest BCUT2D eigenvalue weighted by Gasteiger charge is -2.17. The van der Waals surface area contributed by atoms with Crippen molar-refractivity contribution in [2.45, 2.75) is 19.5 Å². The Morgan fingerprint density at radius 3 is 2.92 bits per heavy atom. The summed E-state index contributed by atoms with van der Waals surface area (Å²) in [6.07, 6.45) is 2.80. The van der Waals surface area contributed by atoms with E-state index in [4.69, 9.17) is 4.98 Å². The lowest BCUT2D eigenvalue weighted by molar-refractivity contribution is 0.0924. The lowest BCUT2D eigenvalue weighted by Crippen LogP contribution is -2.35. The summed E-state index contributed by atoms with van der Waals surface area (Å²) in [7, 11) is 0. The summed E-state index contributed by atoms with van der Waals surface area (Å²) >= 11 is 0. The number of aromatic nitrogens is 4. The third-order valence-corrected chi connectivity index (χ3v) is 4.89. The first kappa shape index (κ1) is 15.2.